The molecule has 0 radical (unpaired) electrons. The van der Waals surface area contributed by atoms with E-state index in [4.69, 9.17) is 4.74 Å². The van der Waals surface area contributed by atoms with Crippen molar-refractivity contribution in [2.75, 3.05) is 0 Å². The highest BCUT2D eigenvalue weighted by Crippen LogP contribution is 2.31. The van der Waals surface area contributed by atoms with Gasteiger partial charge in [-0.3, -0.25) is 0 Å². The second-order valence-electron chi connectivity index (χ2n) is 6.96. The summed E-state index contributed by atoms with van der Waals surface area (Å²) < 4.78 is 6.17. The average molecular weight is 273 g/mol. The first kappa shape index (κ1) is 13.9. The van der Waals surface area contributed by atoms with Crippen molar-refractivity contribution in [1.29, 1.82) is 0 Å². The van der Waals surface area contributed by atoms with Crippen LogP contribution < -0.4 is 10.1 Å². The van der Waals surface area contributed by atoms with Crippen LogP contribution in [0.1, 0.15) is 51.5 Å². The molecule has 2 unspecified atom stereocenters. The third-order valence-corrected chi connectivity index (χ3v) is 4.53. The Morgan fingerprint density at radius 3 is 2.25 bits per heavy atom. The molecule has 2 atom stereocenters. The van der Waals surface area contributed by atoms with Crippen molar-refractivity contribution >= 4 is 0 Å². The molecule has 0 bridgehead atoms. The Balaban J connectivity index is 1.51. The lowest BCUT2D eigenvalue weighted by atomic mass is 9.82. The molecule has 2 fully saturated rings. The molecule has 2 saturated carbocycles. The number of ether oxygens (including phenoxy) is 1. The largest absolute Gasteiger partial charge is 0.490 e. The summed E-state index contributed by atoms with van der Waals surface area (Å²) in [4.78, 5) is 0. The van der Waals surface area contributed by atoms with E-state index in [0.717, 1.165) is 30.2 Å². The van der Waals surface area contributed by atoms with Crippen molar-refractivity contribution in [3.05, 3.63) is 29.8 Å². The van der Waals surface area contributed by atoms with Gasteiger partial charge in [-0.05, 0) is 61.6 Å². The third kappa shape index (κ3) is 3.99. The summed E-state index contributed by atoms with van der Waals surface area (Å²) in [6.07, 6.45) is 6.86. The molecule has 0 aliphatic heterocycles. The van der Waals surface area contributed by atoms with Gasteiger partial charge in [-0.1, -0.05) is 26.0 Å². The van der Waals surface area contributed by atoms with E-state index >= 15 is 0 Å². The first-order valence-electron chi connectivity index (χ1n) is 8.18. The molecule has 1 N–H and O–H groups in total. The van der Waals surface area contributed by atoms with E-state index in [1.54, 1.807) is 0 Å². The zero-order valence-corrected chi connectivity index (χ0v) is 12.8. The quantitative estimate of drug-likeness (QED) is 0.870. The third-order valence-electron chi connectivity index (χ3n) is 4.53. The van der Waals surface area contributed by atoms with E-state index in [1.807, 2.05) is 0 Å². The van der Waals surface area contributed by atoms with Crippen molar-refractivity contribution in [3.8, 4) is 5.75 Å². The summed E-state index contributed by atoms with van der Waals surface area (Å²) in [7, 11) is 0. The number of benzene rings is 1. The van der Waals surface area contributed by atoms with Gasteiger partial charge in [0.25, 0.3) is 0 Å². The maximum Gasteiger partial charge on any atom is 0.119 e. The monoisotopic (exact) mass is 273 g/mol. The Morgan fingerprint density at radius 2 is 1.65 bits per heavy atom. The van der Waals surface area contributed by atoms with Crippen LogP contribution in [-0.4, -0.2) is 12.1 Å². The number of rotatable bonds is 5. The van der Waals surface area contributed by atoms with Crippen LogP contribution in [0.3, 0.4) is 0 Å². The minimum atomic E-state index is 0.407. The van der Waals surface area contributed by atoms with Crippen LogP contribution in [0, 0.1) is 11.8 Å². The summed E-state index contributed by atoms with van der Waals surface area (Å²) in [6, 6.07) is 9.43. The second kappa shape index (κ2) is 6.17. The van der Waals surface area contributed by atoms with Gasteiger partial charge in [-0.25, -0.2) is 0 Å². The topological polar surface area (TPSA) is 21.3 Å². The maximum atomic E-state index is 6.17. The zero-order chi connectivity index (χ0) is 13.9. The van der Waals surface area contributed by atoms with E-state index in [2.05, 4.69) is 43.4 Å². The van der Waals surface area contributed by atoms with Crippen molar-refractivity contribution in [2.45, 2.75) is 64.6 Å². The molecule has 2 aliphatic rings. The maximum absolute atomic E-state index is 6.17. The Morgan fingerprint density at radius 1 is 1.00 bits per heavy atom. The highest BCUT2D eigenvalue weighted by Gasteiger charge is 2.25. The van der Waals surface area contributed by atoms with E-state index in [-0.39, 0.29) is 0 Å². The summed E-state index contributed by atoms with van der Waals surface area (Å²) in [5.41, 5.74) is 1.36. The van der Waals surface area contributed by atoms with Gasteiger partial charge >= 0.3 is 0 Å². The van der Waals surface area contributed by atoms with Gasteiger partial charge in [0.1, 0.15) is 5.75 Å². The van der Waals surface area contributed by atoms with Gasteiger partial charge in [-0.15, -0.1) is 0 Å². The average Bonchev–Trinajstić information content (AvgIpc) is 3.21. The molecule has 0 heterocycles. The van der Waals surface area contributed by atoms with Crippen LogP contribution in [-0.2, 0) is 6.54 Å². The van der Waals surface area contributed by atoms with Crippen molar-refractivity contribution in [3.63, 3.8) is 0 Å². The Labute approximate surface area is 122 Å². The Kier molecular flexibility index (Phi) is 4.30. The number of nitrogens with one attached hydrogen (secondary N) is 1. The van der Waals surface area contributed by atoms with E-state index < -0.39 is 0 Å². The van der Waals surface area contributed by atoms with Crippen LogP contribution in [0.25, 0.3) is 0 Å². The molecule has 1 aromatic carbocycles. The molecule has 0 saturated heterocycles. The molecular weight excluding hydrogens is 246 g/mol. The van der Waals surface area contributed by atoms with Gasteiger partial charge in [-0.2, -0.15) is 0 Å². The van der Waals surface area contributed by atoms with Gasteiger partial charge in [0.15, 0.2) is 0 Å². The summed E-state index contributed by atoms with van der Waals surface area (Å²) in [5, 5.41) is 3.54. The van der Waals surface area contributed by atoms with Crippen LogP contribution in [0.5, 0.6) is 5.75 Å². The van der Waals surface area contributed by atoms with Crippen molar-refractivity contribution in [1.82, 2.24) is 5.32 Å². The smallest absolute Gasteiger partial charge is 0.119 e. The molecule has 20 heavy (non-hydrogen) atoms. The molecular formula is C18H27NO. The fourth-order valence-electron chi connectivity index (χ4n) is 3.40. The first-order valence-corrected chi connectivity index (χ1v) is 8.18. The van der Waals surface area contributed by atoms with Crippen LogP contribution in [0.15, 0.2) is 24.3 Å². The predicted molar refractivity (Wildman–Crippen MR) is 82.9 cm³/mol. The van der Waals surface area contributed by atoms with E-state index in [9.17, 15) is 0 Å². The Hall–Kier alpha value is -1.02. The lowest BCUT2D eigenvalue weighted by molar-refractivity contribution is 0.101. The van der Waals surface area contributed by atoms with E-state index in [0.29, 0.717) is 6.10 Å². The molecule has 110 valence electrons. The standard InChI is InChI=1S/C18H27NO/c1-13-9-14(2)11-18(10-13)20-17-7-3-15(4-8-17)12-19-16-5-6-16/h3-4,7-8,13-14,16,18-19H,5-6,9-12H2,1-2H3. The highest BCUT2D eigenvalue weighted by molar-refractivity contribution is 5.27. The molecule has 2 aliphatic carbocycles. The van der Waals surface area contributed by atoms with Gasteiger partial charge in [0, 0.05) is 12.6 Å². The van der Waals surface area contributed by atoms with Gasteiger partial charge in [0.2, 0.25) is 0 Å². The molecule has 0 spiro atoms. The molecule has 2 heteroatoms. The predicted octanol–water partition coefficient (Wildman–Crippen LogP) is 4.14. The first-order chi connectivity index (χ1) is 9.69. The zero-order valence-electron chi connectivity index (χ0n) is 12.8. The number of hydrogen-bond donors (Lipinski definition) is 1. The highest BCUT2D eigenvalue weighted by atomic mass is 16.5. The fraction of sp³-hybridized carbons (Fsp3) is 0.667. The summed E-state index contributed by atoms with van der Waals surface area (Å²) >= 11 is 0. The second-order valence-corrected chi connectivity index (χ2v) is 6.96. The minimum Gasteiger partial charge on any atom is -0.490 e. The Bertz CT molecular complexity index is 414. The SMILES string of the molecule is CC1CC(C)CC(Oc2ccc(CNC3CC3)cc2)C1. The summed E-state index contributed by atoms with van der Waals surface area (Å²) in [6.45, 7) is 5.68. The van der Waals surface area contributed by atoms with Crippen LogP contribution in [0.2, 0.25) is 0 Å². The fourth-order valence-corrected chi connectivity index (χ4v) is 3.40. The van der Waals surface area contributed by atoms with Gasteiger partial charge < -0.3 is 10.1 Å². The lowest BCUT2D eigenvalue weighted by Crippen LogP contribution is -2.28. The molecule has 0 aromatic heterocycles. The minimum absolute atomic E-state index is 0.407. The number of hydrogen-bond acceptors (Lipinski definition) is 2. The van der Waals surface area contributed by atoms with E-state index in [1.165, 1.54) is 37.7 Å². The molecule has 3 rings (SSSR count). The van der Waals surface area contributed by atoms with Gasteiger partial charge in [0.05, 0.1) is 6.10 Å². The van der Waals surface area contributed by atoms with Crippen LogP contribution >= 0.6 is 0 Å². The van der Waals surface area contributed by atoms with Crippen molar-refractivity contribution < 1.29 is 4.74 Å². The summed E-state index contributed by atoms with van der Waals surface area (Å²) in [5.74, 6) is 2.63. The molecule has 2 nitrogen and oxygen atoms in total. The molecule has 0 amide bonds. The normalized spacial score (nSPS) is 30.2. The van der Waals surface area contributed by atoms with Crippen molar-refractivity contribution in [2.24, 2.45) is 11.8 Å². The van der Waals surface area contributed by atoms with Crippen LogP contribution in [0.4, 0.5) is 0 Å². The molecule has 1 aromatic rings. The lowest BCUT2D eigenvalue weighted by Gasteiger charge is -2.31.